The molecule has 0 spiro atoms. The molecule has 3 atom stereocenters. The van der Waals surface area contributed by atoms with Crippen molar-refractivity contribution < 1.29 is 23.9 Å². The lowest BCUT2D eigenvalue weighted by Crippen LogP contribution is -2.62. The highest BCUT2D eigenvalue weighted by Crippen LogP contribution is 2.36. The van der Waals surface area contributed by atoms with Crippen LogP contribution in [0.5, 0.6) is 0 Å². The van der Waals surface area contributed by atoms with Gasteiger partial charge in [0, 0.05) is 30.7 Å². The van der Waals surface area contributed by atoms with Gasteiger partial charge in [-0.1, -0.05) is 36.5 Å². The maximum Gasteiger partial charge on any atom is 0.252 e. The van der Waals surface area contributed by atoms with Crippen LogP contribution in [0.2, 0.25) is 0 Å². The lowest BCUT2D eigenvalue weighted by atomic mass is 9.80. The van der Waals surface area contributed by atoms with E-state index in [9.17, 15) is 14.4 Å². The van der Waals surface area contributed by atoms with E-state index < -0.39 is 23.7 Å². The lowest BCUT2D eigenvalue weighted by molar-refractivity contribution is -0.143. The molecule has 1 aromatic rings. The maximum atomic E-state index is 14.0. The highest BCUT2D eigenvalue weighted by atomic mass is 16.5. The summed E-state index contributed by atoms with van der Waals surface area (Å²) < 4.78 is 10.8. The highest BCUT2D eigenvalue weighted by Gasteiger charge is 2.56. The van der Waals surface area contributed by atoms with Gasteiger partial charge < -0.3 is 24.6 Å². The third-order valence-corrected chi connectivity index (χ3v) is 8.93. The summed E-state index contributed by atoms with van der Waals surface area (Å²) in [5.41, 5.74) is 9.63. The van der Waals surface area contributed by atoms with Gasteiger partial charge in [0.15, 0.2) is 5.78 Å². The van der Waals surface area contributed by atoms with E-state index in [2.05, 4.69) is 20.2 Å². The third kappa shape index (κ3) is 5.68. The molecule has 39 heavy (non-hydrogen) atoms. The summed E-state index contributed by atoms with van der Waals surface area (Å²) in [7, 11) is 1.73. The van der Waals surface area contributed by atoms with E-state index in [1.807, 2.05) is 24.3 Å². The summed E-state index contributed by atoms with van der Waals surface area (Å²) in [6.45, 7) is 3.78. The van der Waals surface area contributed by atoms with Crippen molar-refractivity contribution in [2.45, 2.75) is 74.6 Å². The lowest BCUT2D eigenvalue weighted by Gasteiger charge is -2.40. The normalized spacial score (nSPS) is 27.2. The number of hydrogen-bond donors (Lipinski definition) is 1. The van der Waals surface area contributed by atoms with E-state index in [0.717, 1.165) is 58.3 Å². The fourth-order valence-corrected chi connectivity index (χ4v) is 6.74. The van der Waals surface area contributed by atoms with Gasteiger partial charge in [-0.2, -0.15) is 0 Å². The zero-order valence-electron chi connectivity index (χ0n) is 22.6. The molecule has 1 N–H and O–H groups in total. The van der Waals surface area contributed by atoms with Crippen LogP contribution in [0.3, 0.4) is 0 Å². The Bertz CT molecular complexity index is 1110. The van der Waals surface area contributed by atoms with E-state index in [1.54, 1.807) is 7.11 Å². The molecule has 0 bridgehead atoms. The third-order valence-electron chi connectivity index (χ3n) is 8.93. The summed E-state index contributed by atoms with van der Waals surface area (Å²) in [5.74, 6) is -0.300. The molecule has 4 aliphatic rings. The average molecular weight is 539 g/mol. The minimum absolute atomic E-state index is 0.103. The van der Waals surface area contributed by atoms with Crippen molar-refractivity contribution in [1.29, 1.82) is 0 Å². The number of methoxy groups -OCH3 is 1. The van der Waals surface area contributed by atoms with Gasteiger partial charge in [0.2, 0.25) is 5.91 Å². The summed E-state index contributed by atoms with van der Waals surface area (Å²) in [5, 5.41) is 6.87. The van der Waals surface area contributed by atoms with Crippen LogP contribution in [0, 0.1) is 0 Å². The van der Waals surface area contributed by atoms with Crippen LogP contribution < -0.4 is 5.32 Å². The zero-order chi connectivity index (χ0) is 27.4. The Morgan fingerprint density at radius 2 is 1.90 bits per heavy atom. The number of nitrogens with one attached hydrogen (secondary N) is 1. The quantitative estimate of drug-likeness (QED) is 0.307. The molecule has 0 radical (unpaired) electrons. The van der Waals surface area contributed by atoms with Crippen molar-refractivity contribution in [3.63, 3.8) is 0 Å². The largest absolute Gasteiger partial charge is 0.383 e. The number of fused-ring (bicyclic) bond motifs is 1. The first-order valence-electron chi connectivity index (χ1n) is 14.1. The van der Waals surface area contributed by atoms with Gasteiger partial charge >= 0.3 is 0 Å². The van der Waals surface area contributed by atoms with E-state index >= 15 is 0 Å². The Morgan fingerprint density at radius 1 is 1.18 bits per heavy atom. The van der Waals surface area contributed by atoms with E-state index in [4.69, 9.17) is 15.0 Å². The molecule has 1 aliphatic carbocycles. The molecule has 2 amide bonds. The predicted molar refractivity (Wildman–Crippen MR) is 143 cm³/mol. The molecule has 210 valence electrons. The van der Waals surface area contributed by atoms with Crippen LogP contribution >= 0.6 is 0 Å². The number of carbonyl (C=O) groups excluding carboxylic acids is 3. The number of rotatable bonds is 8. The van der Waals surface area contributed by atoms with Gasteiger partial charge in [0.05, 0.1) is 18.8 Å². The Balaban J connectivity index is 1.28. The molecular weight excluding hydrogens is 500 g/mol. The number of benzene rings is 1. The summed E-state index contributed by atoms with van der Waals surface area (Å²) in [6.07, 6.45) is 5.13. The topological polar surface area (TPSA) is 137 Å². The van der Waals surface area contributed by atoms with Gasteiger partial charge in [-0.3, -0.25) is 14.4 Å². The molecule has 5 rings (SSSR count). The maximum absolute atomic E-state index is 14.0. The number of likely N-dealkylation sites (tertiary alicyclic amines) is 2. The summed E-state index contributed by atoms with van der Waals surface area (Å²) in [6, 6.07) is 6.37. The van der Waals surface area contributed by atoms with Gasteiger partial charge in [-0.25, -0.2) is 0 Å². The van der Waals surface area contributed by atoms with Crippen LogP contribution in [0.15, 0.2) is 29.4 Å². The molecule has 1 saturated carbocycles. The summed E-state index contributed by atoms with van der Waals surface area (Å²) >= 11 is 0. The molecule has 0 unspecified atom stereocenters. The SMILES string of the molecule is COCCN1CCC(c2ccc(C(=O)NC3(C(=O)N4C[C@H](N=[N+]=[N-])[C@H]5OCC(=O)[C@H]54)CCCCC3)cc2)CC1. The Labute approximate surface area is 228 Å². The number of azide groups is 1. The fraction of sp³-hybridized carbons (Fsp3) is 0.679. The second-order valence-corrected chi connectivity index (χ2v) is 11.2. The second-order valence-electron chi connectivity index (χ2n) is 11.2. The van der Waals surface area contributed by atoms with Gasteiger partial charge in [-0.15, -0.1) is 0 Å². The number of ketones is 1. The molecule has 3 heterocycles. The minimum atomic E-state index is -1.10. The Morgan fingerprint density at radius 3 is 2.56 bits per heavy atom. The first-order valence-corrected chi connectivity index (χ1v) is 14.1. The fourth-order valence-electron chi connectivity index (χ4n) is 6.74. The van der Waals surface area contributed by atoms with Crippen LogP contribution in [0.4, 0.5) is 0 Å². The molecule has 11 heteroatoms. The smallest absolute Gasteiger partial charge is 0.252 e. The number of Topliss-reactive ketones (excluding diaryl/α,β-unsaturated/α-hetero) is 1. The Hall–Kier alpha value is -2.98. The first kappa shape index (κ1) is 27.6. The van der Waals surface area contributed by atoms with Crippen LogP contribution in [0.25, 0.3) is 10.4 Å². The van der Waals surface area contributed by atoms with Crippen molar-refractivity contribution in [2.75, 3.05) is 46.5 Å². The predicted octanol–water partition coefficient (Wildman–Crippen LogP) is 2.80. The molecule has 3 saturated heterocycles. The number of hydrogen-bond acceptors (Lipinski definition) is 7. The molecule has 0 aromatic heterocycles. The number of amides is 2. The van der Waals surface area contributed by atoms with E-state index in [-0.39, 0.29) is 30.7 Å². The van der Waals surface area contributed by atoms with Crippen molar-refractivity contribution in [1.82, 2.24) is 15.1 Å². The van der Waals surface area contributed by atoms with E-state index in [0.29, 0.717) is 24.3 Å². The van der Waals surface area contributed by atoms with Gasteiger partial charge in [0.1, 0.15) is 18.2 Å². The molecule has 11 nitrogen and oxygen atoms in total. The minimum Gasteiger partial charge on any atom is -0.383 e. The molecule has 4 fully saturated rings. The van der Waals surface area contributed by atoms with E-state index in [1.165, 1.54) is 10.5 Å². The first-order chi connectivity index (χ1) is 19.0. The monoisotopic (exact) mass is 538 g/mol. The van der Waals surface area contributed by atoms with Gasteiger partial charge in [0.25, 0.3) is 5.91 Å². The molecule has 3 aliphatic heterocycles. The van der Waals surface area contributed by atoms with Crippen LogP contribution in [-0.4, -0.2) is 97.6 Å². The van der Waals surface area contributed by atoms with Crippen molar-refractivity contribution in [2.24, 2.45) is 5.11 Å². The molecule has 1 aromatic carbocycles. The Kier molecular flexibility index (Phi) is 8.52. The summed E-state index contributed by atoms with van der Waals surface area (Å²) in [4.78, 5) is 46.9. The highest BCUT2D eigenvalue weighted by molar-refractivity contribution is 6.01. The number of ether oxygens (including phenoxy) is 2. The van der Waals surface area contributed by atoms with Crippen molar-refractivity contribution in [3.8, 4) is 0 Å². The number of carbonyl (C=O) groups is 3. The van der Waals surface area contributed by atoms with Gasteiger partial charge in [-0.05, 0) is 67.9 Å². The zero-order valence-corrected chi connectivity index (χ0v) is 22.6. The van der Waals surface area contributed by atoms with Crippen molar-refractivity contribution >= 4 is 17.6 Å². The van der Waals surface area contributed by atoms with Crippen LogP contribution in [0.1, 0.15) is 66.8 Å². The van der Waals surface area contributed by atoms with Crippen molar-refractivity contribution in [3.05, 3.63) is 45.8 Å². The number of piperidine rings is 1. The van der Waals surface area contributed by atoms with Crippen LogP contribution in [-0.2, 0) is 19.1 Å². The second kappa shape index (κ2) is 12.0. The molecular formula is C28H38N6O5. The average Bonchev–Trinajstić information content (AvgIpc) is 3.53. The standard InChI is InChI=1S/C28H38N6O5/c1-38-16-15-33-13-9-20(10-14-33)19-5-7-21(8-6-19)26(36)30-28(11-3-2-4-12-28)27(37)34-17-22(31-32-29)25-24(34)23(35)18-39-25/h5-8,20,22,24-25H,2-4,9-18H2,1H3,(H,30,36)/t22-,24+,25+/m0/s1. The number of nitrogens with zero attached hydrogens (tertiary/aromatic N) is 5.